The number of nitrogens with zero attached hydrogens (tertiary/aromatic N) is 2. The number of rotatable bonds is 4. The predicted molar refractivity (Wildman–Crippen MR) is 62.9 cm³/mol. The third kappa shape index (κ3) is 2.38. The maximum atomic E-state index is 11.8. The minimum atomic E-state index is -3.55. The number of hydrogen-bond acceptors (Lipinski definition) is 7. The fourth-order valence-electron chi connectivity index (χ4n) is 0.995. The Balaban J connectivity index is 2.25. The molecule has 3 N–H and O–H groups in total. The minimum absolute atomic E-state index is 0.225. The number of aromatic nitrogens is 2. The molecule has 0 aliphatic rings. The highest BCUT2D eigenvalue weighted by Gasteiger charge is 2.17. The third-order valence-corrected chi connectivity index (χ3v) is 5.36. The van der Waals surface area contributed by atoms with Crippen LogP contribution >= 0.6 is 22.7 Å². The summed E-state index contributed by atoms with van der Waals surface area (Å²) < 4.78 is 26.2. The Morgan fingerprint density at radius 2 is 2.25 bits per heavy atom. The van der Waals surface area contributed by atoms with Gasteiger partial charge in [-0.2, -0.15) is 0 Å². The van der Waals surface area contributed by atoms with Crippen molar-refractivity contribution in [3.8, 4) is 0 Å². The molecule has 0 radical (unpaired) electrons. The van der Waals surface area contributed by atoms with Gasteiger partial charge in [-0.3, -0.25) is 4.72 Å². The van der Waals surface area contributed by atoms with Crippen molar-refractivity contribution in [1.29, 1.82) is 0 Å². The minimum Gasteiger partial charge on any atom is -0.326 e. The molecule has 0 atom stereocenters. The lowest BCUT2D eigenvalue weighted by atomic mass is 10.5. The molecular formula is C7H8N4O2S3. The van der Waals surface area contributed by atoms with Crippen molar-refractivity contribution in [1.82, 2.24) is 10.2 Å². The molecule has 0 spiro atoms. The van der Waals surface area contributed by atoms with Gasteiger partial charge in [0.2, 0.25) is 5.13 Å². The lowest BCUT2D eigenvalue weighted by molar-refractivity contribution is 0.603. The summed E-state index contributed by atoms with van der Waals surface area (Å²) in [5.41, 5.74) is 6.87. The molecule has 0 saturated heterocycles. The molecule has 86 valence electrons. The van der Waals surface area contributed by atoms with Gasteiger partial charge in [0.05, 0.1) is 0 Å². The molecule has 2 aromatic heterocycles. The molecule has 0 aromatic carbocycles. The Bertz CT molecular complexity index is 560. The average Bonchev–Trinajstić information content (AvgIpc) is 2.85. The van der Waals surface area contributed by atoms with Crippen molar-refractivity contribution in [2.45, 2.75) is 10.8 Å². The molecule has 6 nitrogen and oxygen atoms in total. The topological polar surface area (TPSA) is 98.0 Å². The second-order valence-electron chi connectivity index (χ2n) is 2.77. The Morgan fingerprint density at radius 3 is 2.81 bits per heavy atom. The summed E-state index contributed by atoms with van der Waals surface area (Å²) in [6.07, 6.45) is 0. The number of anilines is 1. The highest BCUT2D eigenvalue weighted by atomic mass is 32.2. The summed E-state index contributed by atoms with van der Waals surface area (Å²) in [7, 11) is -3.55. The number of nitrogens with two attached hydrogens (primary N) is 1. The maximum absolute atomic E-state index is 11.8. The van der Waals surface area contributed by atoms with E-state index in [0.717, 1.165) is 27.6 Å². The van der Waals surface area contributed by atoms with E-state index in [4.69, 9.17) is 5.73 Å². The van der Waals surface area contributed by atoms with Crippen LogP contribution < -0.4 is 10.5 Å². The number of sulfonamides is 1. The van der Waals surface area contributed by atoms with E-state index in [-0.39, 0.29) is 9.34 Å². The first kappa shape index (κ1) is 11.5. The molecule has 0 bridgehead atoms. The zero-order valence-corrected chi connectivity index (χ0v) is 10.4. The maximum Gasteiger partial charge on any atom is 0.273 e. The SMILES string of the molecule is NCc1ccc(S(=O)(=O)Nc2nncs2)s1. The first-order chi connectivity index (χ1) is 7.62. The van der Waals surface area contributed by atoms with Gasteiger partial charge in [-0.05, 0) is 12.1 Å². The van der Waals surface area contributed by atoms with Crippen LogP contribution in [0.15, 0.2) is 21.9 Å². The second-order valence-corrected chi connectivity index (χ2v) is 6.69. The van der Waals surface area contributed by atoms with Crippen molar-refractivity contribution in [2.24, 2.45) is 5.73 Å². The van der Waals surface area contributed by atoms with E-state index in [9.17, 15) is 8.42 Å². The van der Waals surface area contributed by atoms with Gasteiger partial charge in [0.1, 0.15) is 9.72 Å². The first-order valence-electron chi connectivity index (χ1n) is 4.19. The third-order valence-electron chi connectivity index (χ3n) is 1.68. The summed E-state index contributed by atoms with van der Waals surface area (Å²) in [6.45, 7) is 0.332. The molecule has 0 aliphatic carbocycles. The lowest BCUT2D eigenvalue weighted by Gasteiger charge is -2.00. The van der Waals surface area contributed by atoms with Crippen molar-refractivity contribution < 1.29 is 8.42 Å². The van der Waals surface area contributed by atoms with Crippen LogP contribution in [0.3, 0.4) is 0 Å². The Hall–Kier alpha value is -1.03. The fraction of sp³-hybridized carbons (Fsp3) is 0.143. The largest absolute Gasteiger partial charge is 0.326 e. The van der Waals surface area contributed by atoms with E-state index in [2.05, 4.69) is 14.9 Å². The number of thiophene rings is 1. The Labute approximate surface area is 100 Å². The second kappa shape index (κ2) is 4.45. The molecule has 2 heterocycles. The summed E-state index contributed by atoms with van der Waals surface area (Å²) in [5.74, 6) is 0. The molecule has 16 heavy (non-hydrogen) atoms. The van der Waals surface area contributed by atoms with Crippen molar-refractivity contribution in [3.05, 3.63) is 22.5 Å². The van der Waals surface area contributed by atoms with E-state index < -0.39 is 10.0 Å². The molecule has 0 fully saturated rings. The van der Waals surface area contributed by atoms with E-state index >= 15 is 0 Å². The quantitative estimate of drug-likeness (QED) is 0.863. The molecule has 0 aliphatic heterocycles. The van der Waals surface area contributed by atoms with Gasteiger partial charge in [-0.1, -0.05) is 11.3 Å². The van der Waals surface area contributed by atoms with Gasteiger partial charge >= 0.3 is 0 Å². The molecular weight excluding hydrogens is 268 g/mol. The van der Waals surface area contributed by atoms with Crippen LogP contribution in [0.5, 0.6) is 0 Å². The van der Waals surface area contributed by atoms with Crippen LogP contribution in [-0.4, -0.2) is 18.6 Å². The van der Waals surface area contributed by atoms with E-state index in [1.807, 2.05) is 0 Å². The van der Waals surface area contributed by atoms with Crippen LogP contribution in [0.4, 0.5) is 5.13 Å². The van der Waals surface area contributed by atoms with Gasteiger partial charge in [0.25, 0.3) is 10.0 Å². The lowest BCUT2D eigenvalue weighted by Crippen LogP contribution is -2.11. The van der Waals surface area contributed by atoms with Gasteiger partial charge < -0.3 is 5.73 Å². The molecule has 2 rings (SSSR count). The van der Waals surface area contributed by atoms with Gasteiger partial charge in [0.15, 0.2) is 0 Å². The number of hydrogen-bond donors (Lipinski definition) is 2. The molecule has 0 saturated carbocycles. The normalized spacial score (nSPS) is 11.6. The van der Waals surface area contributed by atoms with Gasteiger partial charge in [-0.25, -0.2) is 8.42 Å². The number of nitrogens with one attached hydrogen (secondary N) is 1. The Morgan fingerprint density at radius 1 is 1.44 bits per heavy atom. The van der Waals surface area contributed by atoms with E-state index in [1.165, 1.54) is 11.6 Å². The highest BCUT2D eigenvalue weighted by molar-refractivity contribution is 7.94. The summed E-state index contributed by atoms with van der Waals surface area (Å²) >= 11 is 2.27. The smallest absolute Gasteiger partial charge is 0.273 e. The van der Waals surface area contributed by atoms with Crippen LogP contribution in [-0.2, 0) is 16.6 Å². The predicted octanol–water partition coefficient (Wildman–Crippen LogP) is 0.859. The zero-order valence-electron chi connectivity index (χ0n) is 7.95. The Kier molecular flexibility index (Phi) is 3.19. The monoisotopic (exact) mass is 276 g/mol. The summed E-state index contributed by atoms with van der Waals surface area (Å²) in [6, 6.07) is 3.22. The van der Waals surface area contributed by atoms with Gasteiger partial charge in [-0.15, -0.1) is 21.5 Å². The van der Waals surface area contributed by atoms with Crippen molar-refractivity contribution in [3.63, 3.8) is 0 Å². The summed E-state index contributed by atoms with van der Waals surface area (Å²) in [4.78, 5) is 0.817. The van der Waals surface area contributed by atoms with Crippen molar-refractivity contribution in [2.75, 3.05) is 4.72 Å². The van der Waals surface area contributed by atoms with Crippen LogP contribution in [0.25, 0.3) is 0 Å². The van der Waals surface area contributed by atoms with Crippen LogP contribution in [0.1, 0.15) is 4.88 Å². The molecule has 0 amide bonds. The van der Waals surface area contributed by atoms with Crippen LogP contribution in [0, 0.1) is 0 Å². The summed E-state index contributed by atoms with van der Waals surface area (Å²) in [5, 5.41) is 7.41. The standard InChI is InChI=1S/C7H8N4O2S3/c8-3-5-1-2-6(15-5)16(12,13)11-7-10-9-4-14-7/h1-2,4H,3,8H2,(H,10,11). The zero-order chi connectivity index (χ0) is 11.6. The van der Waals surface area contributed by atoms with E-state index in [0.29, 0.717) is 6.54 Å². The van der Waals surface area contributed by atoms with Gasteiger partial charge in [0, 0.05) is 11.4 Å². The fourth-order valence-corrected chi connectivity index (χ4v) is 3.92. The molecule has 9 heteroatoms. The molecule has 2 aromatic rings. The first-order valence-corrected chi connectivity index (χ1v) is 7.37. The van der Waals surface area contributed by atoms with Crippen LogP contribution in [0.2, 0.25) is 0 Å². The average molecular weight is 276 g/mol. The molecule has 0 unspecified atom stereocenters. The van der Waals surface area contributed by atoms with Crippen molar-refractivity contribution >= 4 is 37.8 Å². The highest BCUT2D eigenvalue weighted by Crippen LogP contribution is 2.23. The van der Waals surface area contributed by atoms with E-state index in [1.54, 1.807) is 6.07 Å².